The van der Waals surface area contributed by atoms with E-state index in [-0.39, 0.29) is 6.61 Å². The lowest BCUT2D eigenvalue weighted by atomic mass is 10.2. The van der Waals surface area contributed by atoms with Gasteiger partial charge in [-0.1, -0.05) is 0 Å². The second-order valence-corrected chi connectivity index (χ2v) is 4.52. The molecule has 0 atom stereocenters. The molecule has 0 aliphatic carbocycles. The van der Waals surface area contributed by atoms with Gasteiger partial charge in [-0.2, -0.15) is 0 Å². The van der Waals surface area contributed by atoms with Gasteiger partial charge >= 0.3 is 0 Å². The van der Waals surface area contributed by atoms with Crippen LogP contribution in [0.15, 0.2) is 30.5 Å². The third kappa shape index (κ3) is 3.20. The first kappa shape index (κ1) is 13.3. The van der Waals surface area contributed by atoms with Crippen LogP contribution in [0.4, 0.5) is 17.2 Å². The minimum Gasteiger partial charge on any atom is -0.391 e. The largest absolute Gasteiger partial charge is 0.391 e. The van der Waals surface area contributed by atoms with Crippen molar-refractivity contribution in [3.8, 4) is 0 Å². The fraction of sp³-hybridized carbons (Fsp3) is 0.286. The maximum atomic E-state index is 9.28. The highest BCUT2D eigenvalue weighted by molar-refractivity contribution is 5.62. The molecule has 0 saturated carbocycles. The predicted octanol–water partition coefficient (Wildman–Crippen LogP) is 2.09. The fourth-order valence-electron chi connectivity index (χ4n) is 1.70. The van der Waals surface area contributed by atoms with E-state index >= 15 is 0 Å². The van der Waals surface area contributed by atoms with Crippen molar-refractivity contribution in [1.29, 1.82) is 0 Å². The maximum absolute atomic E-state index is 9.28. The molecular weight excluding hydrogens is 240 g/mol. The van der Waals surface area contributed by atoms with Crippen LogP contribution < -0.4 is 10.2 Å². The number of benzene rings is 1. The van der Waals surface area contributed by atoms with Crippen molar-refractivity contribution < 1.29 is 5.11 Å². The van der Waals surface area contributed by atoms with Gasteiger partial charge in [0.25, 0.3) is 0 Å². The molecule has 2 aromatic rings. The Morgan fingerprint density at radius 1 is 1.21 bits per heavy atom. The van der Waals surface area contributed by atoms with Crippen molar-refractivity contribution >= 4 is 17.2 Å². The number of anilines is 3. The van der Waals surface area contributed by atoms with Gasteiger partial charge in [0.1, 0.15) is 11.6 Å². The van der Waals surface area contributed by atoms with Gasteiger partial charge in [0, 0.05) is 37.2 Å². The number of hydrogen-bond acceptors (Lipinski definition) is 5. The van der Waals surface area contributed by atoms with Gasteiger partial charge in [-0.25, -0.2) is 9.97 Å². The molecule has 2 rings (SSSR count). The number of aryl methyl sites for hydroxylation is 1. The van der Waals surface area contributed by atoms with E-state index in [1.165, 1.54) is 0 Å². The summed E-state index contributed by atoms with van der Waals surface area (Å²) in [6, 6.07) is 8.01. The molecule has 0 fully saturated rings. The third-order valence-electron chi connectivity index (χ3n) is 2.80. The first-order chi connectivity index (χ1) is 9.10. The highest BCUT2D eigenvalue weighted by Gasteiger charge is 2.05. The quantitative estimate of drug-likeness (QED) is 0.879. The summed E-state index contributed by atoms with van der Waals surface area (Å²) in [6.07, 6.45) is 1.64. The Bertz CT molecular complexity index is 552. The van der Waals surface area contributed by atoms with E-state index in [0.717, 1.165) is 11.4 Å². The molecule has 5 nitrogen and oxygen atoms in total. The third-order valence-corrected chi connectivity index (χ3v) is 2.80. The summed E-state index contributed by atoms with van der Waals surface area (Å²) in [5, 5.41) is 12.5. The molecule has 5 heteroatoms. The Morgan fingerprint density at radius 2 is 1.89 bits per heavy atom. The Kier molecular flexibility index (Phi) is 3.97. The van der Waals surface area contributed by atoms with Crippen molar-refractivity contribution in [3.63, 3.8) is 0 Å². The smallest absolute Gasteiger partial charge is 0.139 e. The molecule has 0 aliphatic rings. The van der Waals surface area contributed by atoms with Crippen LogP contribution >= 0.6 is 0 Å². The summed E-state index contributed by atoms with van der Waals surface area (Å²) in [4.78, 5) is 10.4. The number of aliphatic hydroxyl groups excluding tert-OH is 1. The molecular formula is C14H18N4O. The Hall–Kier alpha value is -2.14. The average molecular weight is 258 g/mol. The van der Waals surface area contributed by atoms with E-state index in [1.54, 1.807) is 6.20 Å². The maximum Gasteiger partial charge on any atom is 0.139 e. The van der Waals surface area contributed by atoms with Crippen molar-refractivity contribution in [3.05, 3.63) is 41.9 Å². The molecule has 0 bridgehead atoms. The summed E-state index contributed by atoms with van der Waals surface area (Å²) in [5.41, 5.74) is 2.74. The van der Waals surface area contributed by atoms with Gasteiger partial charge in [-0.3, -0.25) is 0 Å². The Balaban J connectivity index is 2.23. The van der Waals surface area contributed by atoms with E-state index < -0.39 is 0 Å². The molecule has 0 unspecified atom stereocenters. The van der Waals surface area contributed by atoms with Gasteiger partial charge in [0.2, 0.25) is 0 Å². The van der Waals surface area contributed by atoms with Gasteiger partial charge in [-0.15, -0.1) is 0 Å². The van der Waals surface area contributed by atoms with Crippen LogP contribution in [0, 0.1) is 6.92 Å². The molecule has 0 amide bonds. The highest BCUT2D eigenvalue weighted by atomic mass is 16.3. The van der Waals surface area contributed by atoms with Crippen LogP contribution in [0.5, 0.6) is 0 Å². The summed E-state index contributed by atoms with van der Waals surface area (Å²) in [7, 11) is 4.00. The fourth-order valence-corrected chi connectivity index (χ4v) is 1.70. The zero-order valence-corrected chi connectivity index (χ0v) is 11.4. The minimum atomic E-state index is -0.0849. The highest BCUT2D eigenvalue weighted by Crippen LogP contribution is 2.21. The molecule has 1 aromatic heterocycles. The van der Waals surface area contributed by atoms with Crippen molar-refractivity contribution in [1.82, 2.24) is 9.97 Å². The van der Waals surface area contributed by atoms with E-state index in [0.29, 0.717) is 17.2 Å². The molecule has 0 aliphatic heterocycles. The zero-order valence-electron chi connectivity index (χ0n) is 11.4. The van der Waals surface area contributed by atoms with E-state index in [2.05, 4.69) is 15.3 Å². The predicted molar refractivity (Wildman–Crippen MR) is 76.7 cm³/mol. The molecule has 19 heavy (non-hydrogen) atoms. The summed E-state index contributed by atoms with van der Waals surface area (Å²) in [6.45, 7) is 1.74. The average Bonchev–Trinajstić information content (AvgIpc) is 2.39. The molecule has 2 N–H and O–H groups in total. The van der Waals surface area contributed by atoms with Crippen molar-refractivity contribution in [2.24, 2.45) is 0 Å². The van der Waals surface area contributed by atoms with E-state index in [1.807, 2.05) is 50.2 Å². The van der Waals surface area contributed by atoms with Crippen LogP contribution in [0.25, 0.3) is 0 Å². The van der Waals surface area contributed by atoms with Crippen LogP contribution in [-0.2, 0) is 6.61 Å². The number of aromatic nitrogens is 2. The summed E-state index contributed by atoms with van der Waals surface area (Å²) < 4.78 is 0. The van der Waals surface area contributed by atoms with E-state index in [4.69, 9.17) is 0 Å². The lowest BCUT2D eigenvalue weighted by Crippen LogP contribution is -2.08. The Labute approximate surface area is 112 Å². The first-order valence-electron chi connectivity index (χ1n) is 6.08. The standard InChI is InChI=1S/C14H18N4O/c1-10-15-8-11(9-19)14(16-10)17-12-4-6-13(7-5-12)18(2)3/h4-8,19H,9H2,1-3H3,(H,15,16,17). The molecule has 0 saturated heterocycles. The first-order valence-corrected chi connectivity index (χ1v) is 6.08. The van der Waals surface area contributed by atoms with Gasteiger partial charge in [0.15, 0.2) is 0 Å². The second-order valence-electron chi connectivity index (χ2n) is 4.52. The number of nitrogens with one attached hydrogen (secondary N) is 1. The van der Waals surface area contributed by atoms with E-state index in [9.17, 15) is 5.11 Å². The lowest BCUT2D eigenvalue weighted by Gasteiger charge is -2.14. The minimum absolute atomic E-state index is 0.0849. The monoisotopic (exact) mass is 258 g/mol. The lowest BCUT2D eigenvalue weighted by molar-refractivity contribution is 0.281. The summed E-state index contributed by atoms with van der Waals surface area (Å²) >= 11 is 0. The van der Waals surface area contributed by atoms with Crippen LogP contribution in [-0.4, -0.2) is 29.2 Å². The topological polar surface area (TPSA) is 61.3 Å². The second kappa shape index (κ2) is 5.67. The number of rotatable bonds is 4. The molecule has 1 heterocycles. The van der Waals surface area contributed by atoms with Gasteiger partial charge in [-0.05, 0) is 31.2 Å². The van der Waals surface area contributed by atoms with Gasteiger partial charge < -0.3 is 15.3 Å². The molecule has 100 valence electrons. The molecule has 0 radical (unpaired) electrons. The number of aliphatic hydroxyl groups is 1. The molecule has 1 aromatic carbocycles. The molecule has 0 spiro atoms. The summed E-state index contributed by atoms with van der Waals surface area (Å²) in [5.74, 6) is 1.32. The Morgan fingerprint density at radius 3 is 2.47 bits per heavy atom. The van der Waals surface area contributed by atoms with Gasteiger partial charge in [0.05, 0.1) is 6.61 Å². The van der Waals surface area contributed by atoms with Crippen LogP contribution in [0.3, 0.4) is 0 Å². The van der Waals surface area contributed by atoms with Crippen molar-refractivity contribution in [2.45, 2.75) is 13.5 Å². The normalized spacial score (nSPS) is 10.3. The zero-order chi connectivity index (χ0) is 13.8. The SMILES string of the molecule is Cc1ncc(CO)c(Nc2ccc(N(C)C)cc2)n1. The number of hydrogen-bond donors (Lipinski definition) is 2. The van der Waals surface area contributed by atoms with Crippen LogP contribution in [0.2, 0.25) is 0 Å². The van der Waals surface area contributed by atoms with Crippen LogP contribution in [0.1, 0.15) is 11.4 Å². The number of nitrogens with zero attached hydrogens (tertiary/aromatic N) is 3. The van der Waals surface area contributed by atoms with Crippen molar-refractivity contribution in [2.75, 3.05) is 24.3 Å².